The fraction of sp³-hybridized carbons (Fsp3) is 1.00. The van der Waals surface area contributed by atoms with Gasteiger partial charge in [-0.1, -0.05) is 0 Å². The van der Waals surface area contributed by atoms with Crippen LogP contribution in [0, 0.1) is 0 Å². The van der Waals surface area contributed by atoms with E-state index in [-0.39, 0.29) is 0 Å². The Morgan fingerprint density at radius 1 is 1.36 bits per heavy atom. The maximum absolute atomic E-state index is 5.22. The second-order valence-corrected chi connectivity index (χ2v) is 2.24. The molecule has 0 spiro atoms. The topological polar surface area (TPSA) is 39.7 Å². The van der Waals surface area contributed by atoms with Gasteiger partial charge in [-0.2, -0.15) is 0 Å². The van der Waals surface area contributed by atoms with Crippen molar-refractivity contribution in [1.82, 2.24) is 5.32 Å². The van der Waals surface area contributed by atoms with Gasteiger partial charge in [-0.05, 0) is 6.92 Å². The summed E-state index contributed by atoms with van der Waals surface area (Å²) in [4.78, 5) is 0. The molecule has 4 nitrogen and oxygen atoms in total. The van der Waals surface area contributed by atoms with Gasteiger partial charge in [-0.25, -0.2) is 0 Å². The van der Waals surface area contributed by atoms with E-state index in [2.05, 4.69) is 5.32 Å². The zero-order valence-electron chi connectivity index (χ0n) is 6.84. The van der Waals surface area contributed by atoms with Gasteiger partial charge in [-0.15, -0.1) is 0 Å². The lowest BCUT2D eigenvalue weighted by Gasteiger charge is -2.16. The smallest absolute Gasteiger partial charge is 0.386 e. The Hall–Kier alpha value is -0.0951. The first-order valence-electron chi connectivity index (χ1n) is 3.99. The Labute approximate surface area is 67.4 Å². The molecule has 1 aliphatic rings. The molecule has 0 atom stereocenters. The maximum atomic E-state index is 5.22. The highest BCUT2D eigenvalue weighted by atomic mass is 16.7. The van der Waals surface area contributed by atoms with Crippen LogP contribution >= 0.6 is 0 Å². The van der Waals surface area contributed by atoms with Crippen molar-refractivity contribution in [3.8, 4) is 0 Å². The van der Waals surface area contributed by atoms with E-state index in [1.165, 1.54) is 0 Å². The van der Waals surface area contributed by atoms with Gasteiger partial charge in [-0.3, -0.25) is 0 Å². The fourth-order valence-corrected chi connectivity index (χ4v) is 0.860. The molecular formula is C6H14BNO3. The van der Waals surface area contributed by atoms with Crippen molar-refractivity contribution in [3.63, 3.8) is 0 Å². The highest BCUT2D eigenvalue weighted by Crippen LogP contribution is 1.93. The van der Waals surface area contributed by atoms with Gasteiger partial charge in [0.05, 0.1) is 0 Å². The molecule has 11 heavy (non-hydrogen) atoms. The number of hydrogen-bond acceptors (Lipinski definition) is 4. The van der Waals surface area contributed by atoms with Crippen molar-refractivity contribution >= 4 is 7.32 Å². The number of nitrogens with one attached hydrogen (secondary N) is 1. The lowest BCUT2D eigenvalue weighted by atomic mass is 10.2. The van der Waals surface area contributed by atoms with Crippen molar-refractivity contribution in [3.05, 3.63) is 0 Å². The molecule has 0 saturated carbocycles. The fourth-order valence-electron chi connectivity index (χ4n) is 0.860. The summed E-state index contributed by atoms with van der Waals surface area (Å²) < 4.78 is 15.6. The lowest BCUT2D eigenvalue weighted by Crippen LogP contribution is -2.37. The molecule has 1 aliphatic heterocycles. The Bertz CT molecular complexity index is 95.8. The molecule has 5 heteroatoms. The zero-order valence-corrected chi connectivity index (χ0v) is 6.84. The second-order valence-electron chi connectivity index (χ2n) is 2.24. The van der Waals surface area contributed by atoms with Gasteiger partial charge in [0.15, 0.2) is 0 Å². The largest absolute Gasteiger partial charge is 0.639 e. The van der Waals surface area contributed by atoms with E-state index in [0.717, 1.165) is 13.1 Å². The van der Waals surface area contributed by atoms with Crippen LogP contribution in [-0.2, 0) is 14.0 Å². The minimum Gasteiger partial charge on any atom is -0.386 e. The van der Waals surface area contributed by atoms with Gasteiger partial charge in [0.25, 0.3) is 0 Å². The Balaban J connectivity index is 2.15. The van der Waals surface area contributed by atoms with E-state index < -0.39 is 7.32 Å². The predicted molar refractivity (Wildman–Crippen MR) is 42.2 cm³/mol. The van der Waals surface area contributed by atoms with Crippen LogP contribution < -0.4 is 5.32 Å². The molecule has 0 unspecified atom stereocenters. The summed E-state index contributed by atoms with van der Waals surface area (Å²) in [7, 11) is -0.456. The zero-order chi connectivity index (χ0) is 7.94. The van der Waals surface area contributed by atoms with Crippen molar-refractivity contribution < 1.29 is 14.0 Å². The van der Waals surface area contributed by atoms with Gasteiger partial charge < -0.3 is 19.3 Å². The van der Waals surface area contributed by atoms with Gasteiger partial charge in [0.2, 0.25) is 0 Å². The molecule has 1 N–H and O–H groups in total. The molecule has 64 valence electrons. The third-order valence-corrected chi connectivity index (χ3v) is 1.37. The van der Waals surface area contributed by atoms with Crippen molar-refractivity contribution in [1.29, 1.82) is 0 Å². The van der Waals surface area contributed by atoms with E-state index >= 15 is 0 Å². The van der Waals surface area contributed by atoms with Crippen molar-refractivity contribution in [2.75, 3.05) is 32.9 Å². The summed E-state index contributed by atoms with van der Waals surface area (Å²) in [5.41, 5.74) is 0. The van der Waals surface area contributed by atoms with Gasteiger partial charge >= 0.3 is 7.32 Å². The standard InChI is InChI=1S/C6H14BNO3/c1-2-9-7-10-5-3-8-4-6-11-7/h8H,2-6H2,1H3. The molecule has 0 aromatic carbocycles. The van der Waals surface area contributed by atoms with Crippen LogP contribution in [0.3, 0.4) is 0 Å². The van der Waals surface area contributed by atoms with E-state index in [1.54, 1.807) is 0 Å². The van der Waals surface area contributed by atoms with Crippen molar-refractivity contribution in [2.24, 2.45) is 0 Å². The molecular weight excluding hydrogens is 145 g/mol. The summed E-state index contributed by atoms with van der Waals surface area (Å²) in [6.45, 7) is 5.57. The molecule has 1 rings (SSSR count). The summed E-state index contributed by atoms with van der Waals surface area (Å²) in [5.74, 6) is 0. The van der Waals surface area contributed by atoms with Crippen LogP contribution in [0.2, 0.25) is 0 Å². The third kappa shape index (κ3) is 3.72. The normalized spacial score (nSPS) is 21.0. The van der Waals surface area contributed by atoms with Crippen LogP contribution in [0.1, 0.15) is 6.92 Å². The van der Waals surface area contributed by atoms with Crippen LogP contribution in [0.4, 0.5) is 0 Å². The summed E-state index contributed by atoms with van der Waals surface area (Å²) >= 11 is 0. The summed E-state index contributed by atoms with van der Waals surface area (Å²) in [6.07, 6.45) is 0. The highest BCUT2D eigenvalue weighted by molar-refractivity contribution is 6.36. The molecule has 0 bridgehead atoms. The van der Waals surface area contributed by atoms with Crippen LogP contribution in [0.25, 0.3) is 0 Å². The molecule has 0 radical (unpaired) electrons. The SMILES string of the molecule is CCOB1OCCNCCO1. The monoisotopic (exact) mass is 159 g/mol. The van der Waals surface area contributed by atoms with E-state index in [4.69, 9.17) is 14.0 Å². The van der Waals surface area contributed by atoms with Gasteiger partial charge in [0.1, 0.15) is 0 Å². The summed E-state index contributed by atoms with van der Waals surface area (Å²) in [6, 6.07) is 0. The highest BCUT2D eigenvalue weighted by Gasteiger charge is 2.20. The molecule has 1 fully saturated rings. The first-order chi connectivity index (χ1) is 5.43. The Morgan fingerprint density at radius 3 is 2.55 bits per heavy atom. The van der Waals surface area contributed by atoms with E-state index in [9.17, 15) is 0 Å². The molecule has 0 aromatic heterocycles. The summed E-state index contributed by atoms with van der Waals surface area (Å²) in [5, 5.41) is 3.14. The minimum atomic E-state index is -0.456. The lowest BCUT2D eigenvalue weighted by molar-refractivity contribution is 0.0879. The Morgan fingerprint density at radius 2 is 2.00 bits per heavy atom. The van der Waals surface area contributed by atoms with Gasteiger partial charge in [0, 0.05) is 32.9 Å². The van der Waals surface area contributed by atoms with Crippen molar-refractivity contribution in [2.45, 2.75) is 6.92 Å². The molecule has 1 saturated heterocycles. The average Bonchev–Trinajstić information content (AvgIpc) is 1.94. The Kier molecular flexibility index (Phi) is 4.53. The number of rotatable bonds is 2. The molecule has 0 aliphatic carbocycles. The van der Waals surface area contributed by atoms with Crippen LogP contribution in [0.15, 0.2) is 0 Å². The molecule has 0 aromatic rings. The first kappa shape index (κ1) is 9.00. The maximum Gasteiger partial charge on any atom is 0.639 e. The minimum absolute atomic E-state index is 0.456. The first-order valence-corrected chi connectivity index (χ1v) is 3.99. The number of hydrogen-bond donors (Lipinski definition) is 1. The predicted octanol–water partition coefficient (Wildman–Crippen LogP) is -0.356. The van der Waals surface area contributed by atoms with E-state index in [1.807, 2.05) is 6.92 Å². The van der Waals surface area contributed by atoms with Crippen LogP contribution in [0.5, 0.6) is 0 Å². The quantitative estimate of drug-likeness (QED) is 0.558. The van der Waals surface area contributed by atoms with Crippen LogP contribution in [-0.4, -0.2) is 40.2 Å². The second kappa shape index (κ2) is 5.54. The molecule has 0 amide bonds. The third-order valence-electron chi connectivity index (χ3n) is 1.37. The molecule has 1 heterocycles. The van der Waals surface area contributed by atoms with E-state index in [0.29, 0.717) is 19.8 Å². The average molecular weight is 159 g/mol.